The number of aryl methyl sites for hydroxylation is 1. The second kappa shape index (κ2) is 6.14. The van der Waals surface area contributed by atoms with Gasteiger partial charge in [0.1, 0.15) is 5.58 Å². The molecule has 0 radical (unpaired) electrons. The van der Waals surface area contributed by atoms with Gasteiger partial charge in [-0.1, -0.05) is 11.6 Å². The second-order valence-corrected chi connectivity index (χ2v) is 6.85. The lowest BCUT2D eigenvalue weighted by atomic mass is 10.1. The Hall–Kier alpha value is -2.18. The van der Waals surface area contributed by atoms with Crippen molar-refractivity contribution < 1.29 is 9.21 Å². The van der Waals surface area contributed by atoms with Crippen LogP contribution in [0.5, 0.6) is 0 Å². The van der Waals surface area contributed by atoms with Crippen molar-refractivity contribution in [2.45, 2.75) is 6.92 Å². The first-order valence-electron chi connectivity index (χ1n) is 7.35. The molecule has 1 amide bonds. The third-order valence-electron chi connectivity index (χ3n) is 3.60. The average molecular weight is 330 g/mol. The van der Waals surface area contributed by atoms with Crippen molar-refractivity contribution in [2.75, 3.05) is 27.2 Å². The van der Waals surface area contributed by atoms with Crippen molar-refractivity contribution in [1.29, 1.82) is 0 Å². The highest BCUT2D eigenvalue weighted by molar-refractivity contribution is 7.21. The predicted octanol–water partition coefficient (Wildman–Crippen LogP) is 2.61. The van der Waals surface area contributed by atoms with E-state index in [4.69, 9.17) is 4.42 Å². The Balaban J connectivity index is 2.02. The quantitative estimate of drug-likeness (QED) is 0.747. The molecule has 1 N–H and O–H groups in total. The number of benzene rings is 1. The average Bonchev–Trinajstić information content (AvgIpc) is 2.94. The number of nitrogens with one attached hydrogen (secondary N) is 1. The second-order valence-electron chi connectivity index (χ2n) is 5.80. The molecule has 0 unspecified atom stereocenters. The first kappa shape index (κ1) is 15.7. The van der Waals surface area contributed by atoms with Crippen LogP contribution in [0.3, 0.4) is 0 Å². The van der Waals surface area contributed by atoms with E-state index in [2.05, 4.69) is 5.32 Å². The third-order valence-corrected chi connectivity index (χ3v) is 4.77. The van der Waals surface area contributed by atoms with Crippen LogP contribution in [-0.4, -0.2) is 38.0 Å². The summed E-state index contributed by atoms with van der Waals surface area (Å²) in [4.78, 5) is 26.9. The van der Waals surface area contributed by atoms with Crippen LogP contribution < -0.4 is 10.9 Å². The molecule has 0 aliphatic carbocycles. The van der Waals surface area contributed by atoms with Crippen LogP contribution in [-0.2, 0) is 0 Å². The molecule has 0 fully saturated rings. The Morgan fingerprint density at radius 1 is 1.26 bits per heavy atom. The lowest BCUT2D eigenvalue weighted by molar-refractivity contribution is 0.0955. The van der Waals surface area contributed by atoms with E-state index in [-0.39, 0.29) is 5.91 Å². The summed E-state index contributed by atoms with van der Waals surface area (Å²) in [5.41, 5.74) is 1.23. The molecule has 0 spiro atoms. The van der Waals surface area contributed by atoms with E-state index in [1.165, 1.54) is 11.3 Å². The van der Waals surface area contributed by atoms with Gasteiger partial charge in [0, 0.05) is 18.5 Å². The third kappa shape index (κ3) is 3.13. The molecule has 23 heavy (non-hydrogen) atoms. The highest BCUT2D eigenvalue weighted by Crippen LogP contribution is 2.31. The molecule has 0 saturated heterocycles. The van der Waals surface area contributed by atoms with Gasteiger partial charge in [-0.3, -0.25) is 4.79 Å². The summed E-state index contributed by atoms with van der Waals surface area (Å²) in [5, 5.41) is 4.20. The molecule has 2 heterocycles. The van der Waals surface area contributed by atoms with Crippen LogP contribution >= 0.6 is 11.3 Å². The largest absolute Gasteiger partial charge is 0.422 e. The fraction of sp³-hybridized carbons (Fsp3) is 0.294. The van der Waals surface area contributed by atoms with Crippen LogP contribution in [0.1, 0.15) is 15.2 Å². The minimum Gasteiger partial charge on any atom is -0.422 e. The molecule has 1 aromatic carbocycles. The van der Waals surface area contributed by atoms with Gasteiger partial charge in [0.15, 0.2) is 0 Å². The maximum Gasteiger partial charge on any atom is 0.345 e. The summed E-state index contributed by atoms with van der Waals surface area (Å²) in [7, 11) is 3.90. The lowest BCUT2D eigenvalue weighted by Gasteiger charge is -2.09. The fourth-order valence-electron chi connectivity index (χ4n) is 2.40. The van der Waals surface area contributed by atoms with Gasteiger partial charge in [-0.15, -0.1) is 11.3 Å². The smallest absolute Gasteiger partial charge is 0.345 e. The van der Waals surface area contributed by atoms with Gasteiger partial charge < -0.3 is 14.6 Å². The van der Waals surface area contributed by atoms with Crippen LogP contribution in [0.2, 0.25) is 0 Å². The zero-order valence-corrected chi connectivity index (χ0v) is 14.1. The Morgan fingerprint density at radius 2 is 2.04 bits per heavy atom. The molecular formula is C17H18N2O3S. The van der Waals surface area contributed by atoms with Gasteiger partial charge >= 0.3 is 5.63 Å². The van der Waals surface area contributed by atoms with E-state index < -0.39 is 5.63 Å². The molecule has 2 aromatic heterocycles. The normalized spacial score (nSPS) is 11.5. The van der Waals surface area contributed by atoms with Crippen molar-refractivity contribution in [3.63, 3.8) is 0 Å². The maximum absolute atomic E-state index is 12.3. The van der Waals surface area contributed by atoms with Crippen molar-refractivity contribution in [3.8, 4) is 0 Å². The first-order valence-corrected chi connectivity index (χ1v) is 8.17. The molecule has 0 aliphatic heterocycles. The molecular weight excluding hydrogens is 312 g/mol. The molecule has 0 atom stereocenters. The number of amides is 1. The maximum atomic E-state index is 12.3. The van der Waals surface area contributed by atoms with E-state index in [1.54, 1.807) is 12.1 Å². The molecule has 0 aliphatic rings. The van der Waals surface area contributed by atoms with Crippen LogP contribution in [0.25, 0.3) is 21.1 Å². The highest BCUT2D eigenvalue weighted by Gasteiger charge is 2.15. The summed E-state index contributed by atoms with van der Waals surface area (Å²) >= 11 is 1.33. The van der Waals surface area contributed by atoms with Crippen LogP contribution in [0, 0.1) is 6.92 Å². The first-order chi connectivity index (χ1) is 11.0. The van der Waals surface area contributed by atoms with Crippen LogP contribution in [0.15, 0.2) is 33.5 Å². The Kier molecular flexibility index (Phi) is 4.19. The Morgan fingerprint density at radius 3 is 2.78 bits per heavy atom. The molecule has 5 nitrogen and oxygen atoms in total. The zero-order valence-electron chi connectivity index (χ0n) is 13.3. The van der Waals surface area contributed by atoms with Crippen LogP contribution in [0.4, 0.5) is 0 Å². The van der Waals surface area contributed by atoms with Gasteiger partial charge in [0.2, 0.25) is 0 Å². The summed E-state index contributed by atoms with van der Waals surface area (Å²) in [5.74, 6) is -0.159. The molecule has 0 saturated carbocycles. The topological polar surface area (TPSA) is 62.6 Å². The van der Waals surface area contributed by atoms with Gasteiger partial charge in [-0.2, -0.15) is 0 Å². The molecule has 6 heteroatoms. The number of fused-ring (bicyclic) bond motifs is 3. The van der Waals surface area contributed by atoms with Gasteiger partial charge in [0.25, 0.3) is 5.91 Å². The van der Waals surface area contributed by atoms with Gasteiger partial charge in [-0.05, 0) is 39.2 Å². The minimum absolute atomic E-state index is 0.159. The number of nitrogens with zero attached hydrogens (tertiary/aromatic N) is 1. The summed E-state index contributed by atoms with van der Waals surface area (Å²) in [6.07, 6.45) is 0. The zero-order chi connectivity index (χ0) is 16.6. The minimum atomic E-state index is -0.403. The summed E-state index contributed by atoms with van der Waals surface area (Å²) < 4.78 is 6.15. The number of likely N-dealkylation sites (N-methyl/N-ethyl adjacent to an activating group) is 1. The van der Waals surface area contributed by atoms with Gasteiger partial charge in [-0.25, -0.2) is 4.79 Å². The molecule has 120 valence electrons. The van der Waals surface area contributed by atoms with Crippen molar-refractivity contribution in [3.05, 3.63) is 45.1 Å². The number of hydrogen-bond acceptors (Lipinski definition) is 5. The number of rotatable bonds is 4. The number of carbonyl (C=O) groups excluding carboxylic acids is 1. The Bertz CT molecular complexity index is 940. The molecule has 0 bridgehead atoms. The lowest BCUT2D eigenvalue weighted by Crippen LogP contribution is -2.30. The van der Waals surface area contributed by atoms with Crippen molar-refractivity contribution in [1.82, 2.24) is 10.2 Å². The SMILES string of the molecule is Cc1ccc2oc(=O)c3cc(C(=O)NCCN(C)C)sc3c2c1. The Labute approximate surface area is 137 Å². The van der Waals surface area contributed by atoms with Crippen molar-refractivity contribution in [2.24, 2.45) is 0 Å². The molecule has 3 aromatic rings. The van der Waals surface area contributed by atoms with E-state index >= 15 is 0 Å². The van der Waals surface area contributed by atoms with E-state index in [1.807, 2.05) is 38.1 Å². The standard InChI is InChI=1S/C17H18N2O3S/c1-10-4-5-13-11(8-10)15-12(17(21)22-13)9-14(23-15)16(20)18-6-7-19(2)3/h4-5,8-9H,6-7H2,1-3H3,(H,18,20). The number of carbonyl (C=O) groups is 1. The predicted molar refractivity (Wildman–Crippen MR) is 93.5 cm³/mol. The number of hydrogen-bond donors (Lipinski definition) is 1. The van der Waals surface area contributed by atoms with E-state index in [0.29, 0.717) is 22.4 Å². The van der Waals surface area contributed by atoms with E-state index in [9.17, 15) is 9.59 Å². The van der Waals surface area contributed by atoms with Crippen molar-refractivity contribution >= 4 is 38.3 Å². The fourth-order valence-corrected chi connectivity index (χ4v) is 3.48. The monoisotopic (exact) mass is 330 g/mol. The number of thiophene rings is 1. The van der Waals surface area contributed by atoms with Gasteiger partial charge in [0.05, 0.1) is 15.0 Å². The summed E-state index contributed by atoms with van der Waals surface area (Å²) in [6, 6.07) is 7.30. The summed E-state index contributed by atoms with van der Waals surface area (Å²) in [6.45, 7) is 3.31. The highest BCUT2D eigenvalue weighted by atomic mass is 32.1. The van der Waals surface area contributed by atoms with E-state index in [0.717, 1.165) is 22.2 Å². The molecule has 3 rings (SSSR count).